The zero-order valence-corrected chi connectivity index (χ0v) is 13.6. The summed E-state index contributed by atoms with van der Waals surface area (Å²) in [6.45, 7) is 8.97. The van der Waals surface area contributed by atoms with Gasteiger partial charge in [0, 0.05) is 11.0 Å². The lowest BCUT2D eigenvalue weighted by molar-refractivity contribution is 0.101. The van der Waals surface area contributed by atoms with E-state index in [1.54, 1.807) is 0 Å². The average Bonchev–Trinajstić information content (AvgIpc) is 2.41. The molecule has 2 nitrogen and oxygen atoms in total. The highest BCUT2D eigenvalue weighted by atomic mass is 79.9. The van der Waals surface area contributed by atoms with E-state index < -0.39 is 0 Å². The Morgan fingerprint density at radius 3 is 2.68 bits per heavy atom. The Labute approximate surface area is 125 Å². The van der Waals surface area contributed by atoms with E-state index in [-0.39, 0.29) is 0 Å². The molecule has 0 N–H and O–H groups in total. The van der Waals surface area contributed by atoms with Gasteiger partial charge < -0.3 is 4.74 Å². The quantitative estimate of drug-likeness (QED) is 0.798. The lowest BCUT2D eigenvalue weighted by atomic mass is 9.78. The topological polar surface area (TPSA) is 12.5 Å². The van der Waals surface area contributed by atoms with Crippen LogP contribution in [0.5, 0.6) is 5.75 Å². The number of hydrogen-bond acceptors (Lipinski definition) is 2. The van der Waals surface area contributed by atoms with Gasteiger partial charge in [0.1, 0.15) is 12.4 Å². The Morgan fingerprint density at radius 1 is 1.32 bits per heavy atom. The monoisotopic (exact) mass is 325 g/mol. The van der Waals surface area contributed by atoms with Crippen molar-refractivity contribution in [3.05, 3.63) is 28.7 Å². The summed E-state index contributed by atoms with van der Waals surface area (Å²) in [6, 6.07) is 8.05. The number of piperidine rings is 1. The third-order valence-corrected chi connectivity index (χ3v) is 4.88. The average molecular weight is 326 g/mol. The molecule has 0 radical (unpaired) electrons. The second-order valence-electron chi connectivity index (χ2n) is 5.81. The number of halogens is 1. The Hall–Kier alpha value is -0.540. The minimum atomic E-state index is 0.571. The van der Waals surface area contributed by atoms with Crippen molar-refractivity contribution in [2.45, 2.75) is 33.1 Å². The maximum absolute atomic E-state index is 5.80. The van der Waals surface area contributed by atoms with E-state index in [4.69, 9.17) is 4.74 Å². The van der Waals surface area contributed by atoms with Crippen molar-refractivity contribution < 1.29 is 4.74 Å². The van der Waals surface area contributed by atoms with Crippen LogP contribution in [0, 0.1) is 5.41 Å². The lowest BCUT2D eigenvalue weighted by Crippen LogP contribution is -2.40. The van der Waals surface area contributed by atoms with Crippen LogP contribution in [-0.2, 0) is 0 Å². The van der Waals surface area contributed by atoms with Crippen molar-refractivity contribution >= 4 is 15.9 Å². The van der Waals surface area contributed by atoms with E-state index in [0.717, 1.165) is 23.4 Å². The number of hydrogen-bond donors (Lipinski definition) is 0. The van der Waals surface area contributed by atoms with Crippen molar-refractivity contribution in [3.63, 3.8) is 0 Å². The molecule has 0 amide bonds. The van der Waals surface area contributed by atoms with E-state index in [9.17, 15) is 0 Å². The van der Waals surface area contributed by atoms with Gasteiger partial charge in [-0.2, -0.15) is 0 Å². The van der Waals surface area contributed by atoms with Crippen molar-refractivity contribution in [1.82, 2.24) is 4.90 Å². The van der Waals surface area contributed by atoms with Gasteiger partial charge in [0.25, 0.3) is 0 Å². The van der Waals surface area contributed by atoms with Crippen molar-refractivity contribution in [2.75, 3.05) is 26.2 Å². The Morgan fingerprint density at radius 2 is 2.05 bits per heavy atom. The summed E-state index contributed by atoms with van der Waals surface area (Å²) in [5.41, 5.74) is 0.571. The number of benzene rings is 1. The molecule has 1 aromatic carbocycles. The molecule has 0 spiro atoms. The molecule has 1 fully saturated rings. The summed E-state index contributed by atoms with van der Waals surface area (Å²) >= 11 is 3.46. The van der Waals surface area contributed by atoms with E-state index in [1.807, 2.05) is 24.3 Å². The van der Waals surface area contributed by atoms with E-state index in [2.05, 4.69) is 34.7 Å². The first kappa shape index (κ1) is 14.9. The first-order chi connectivity index (χ1) is 9.11. The molecule has 1 aliphatic rings. The molecule has 0 bridgehead atoms. The minimum Gasteiger partial charge on any atom is -0.492 e. The SMILES string of the molecule is CCC1(C)CCN(CCOc2cccc(Br)c2)CC1. The van der Waals surface area contributed by atoms with Crippen LogP contribution >= 0.6 is 15.9 Å². The van der Waals surface area contributed by atoms with Gasteiger partial charge in [-0.15, -0.1) is 0 Å². The Kier molecular flexibility index (Phi) is 5.28. The summed E-state index contributed by atoms with van der Waals surface area (Å²) in [7, 11) is 0. The molecule has 0 aromatic heterocycles. The van der Waals surface area contributed by atoms with Crippen LogP contribution in [0.15, 0.2) is 28.7 Å². The number of nitrogens with zero attached hydrogens (tertiary/aromatic N) is 1. The van der Waals surface area contributed by atoms with Crippen molar-refractivity contribution in [2.24, 2.45) is 5.41 Å². The molecule has 1 heterocycles. The number of rotatable bonds is 5. The molecule has 2 rings (SSSR count). The molecular weight excluding hydrogens is 302 g/mol. The smallest absolute Gasteiger partial charge is 0.120 e. The lowest BCUT2D eigenvalue weighted by Gasteiger charge is -2.38. The van der Waals surface area contributed by atoms with Gasteiger partial charge in [0.05, 0.1) is 0 Å². The van der Waals surface area contributed by atoms with Gasteiger partial charge >= 0.3 is 0 Å². The molecule has 19 heavy (non-hydrogen) atoms. The molecule has 1 aliphatic heterocycles. The normalized spacial score (nSPS) is 19.3. The first-order valence-electron chi connectivity index (χ1n) is 7.22. The van der Waals surface area contributed by atoms with Crippen LogP contribution in [0.4, 0.5) is 0 Å². The van der Waals surface area contributed by atoms with Crippen LogP contribution in [-0.4, -0.2) is 31.1 Å². The highest BCUT2D eigenvalue weighted by Crippen LogP contribution is 2.33. The second kappa shape index (κ2) is 6.76. The van der Waals surface area contributed by atoms with Gasteiger partial charge in [-0.1, -0.05) is 42.3 Å². The molecule has 0 unspecified atom stereocenters. The Bertz CT molecular complexity index is 399. The Balaban J connectivity index is 1.70. The number of ether oxygens (including phenoxy) is 1. The van der Waals surface area contributed by atoms with E-state index in [1.165, 1.54) is 32.4 Å². The highest BCUT2D eigenvalue weighted by molar-refractivity contribution is 9.10. The molecular formula is C16H24BrNO. The summed E-state index contributed by atoms with van der Waals surface area (Å²) in [6.07, 6.45) is 3.94. The zero-order valence-electron chi connectivity index (χ0n) is 12.0. The van der Waals surface area contributed by atoms with Gasteiger partial charge in [0.2, 0.25) is 0 Å². The van der Waals surface area contributed by atoms with E-state index >= 15 is 0 Å². The summed E-state index contributed by atoms with van der Waals surface area (Å²) < 4.78 is 6.87. The third-order valence-electron chi connectivity index (χ3n) is 4.39. The van der Waals surface area contributed by atoms with Crippen LogP contribution < -0.4 is 4.74 Å². The van der Waals surface area contributed by atoms with Gasteiger partial charge in [-0.3, -0.25) is 4.90 Å². The molecule has 1 aromatic rings. The van der Waals surface area contributed by atoms with Crippen molar-refractivity contribution in [1.29, 1.82) is 0 Å². The molecule has 0 saturated carbocycles. The van der Waals surface area contributed by atoms with E-state index in [0.29, 0.717) is 5.41 Å². The fourth-order valence-corrected chi connectivity index (χ4v) is 2.90. The molecule has 0 aliphatic carbocycles. The van der Waals surface area contributed by atoms with Crippen LogP contribution in [0.25, 0.3) is 0 Å². The van der Waals surface area contributed by atoms with Crippen LogP contribution in [0.2, 0.25) is 0 Å². The predicted molar refractivity (Wildman–Crippen MR) is 83.7 cm³/mol. The third kappa shape index (κ3) is 4.50. The number of likely N-dealkylation sites (tertiary alicyclic amines) is 1. The first-order valence-corrected chi connectivity index (χ1v) is 8.01. The maximum atomic E-state index is 5.80. The van der Waals surface area contributed by atoms with Gasteiger partial charge in [0.15, 0.2) is 0 Å². The van der Waals surface area contributed by atoms with Crippen LogP contribution in [0.3, 0.4) is 0 Å². The molecule has 1 saturated heterocycles. The summed E-state index contributed by atoms with van der Waals surface area (Å²) in [4.78, 5) is 2.52. The van der Waals surface area contributed by atoms with Crippen molar-refractivity contribution in [3.8, 4) is 5.75 Å². The molecule has 3 heteroatoms. The largest absolute Gasteiger partial charge is 0.492 e. The predicted octanol–water partition coefficient (Wildman–Crippen LogP) is 4.34. The van der Waals surface area contributed by atoms with Gasteiger partial charge in [-0.25, -0.2) is 0 Å². The molecule has 0 atom stereocenters. The second-order valence-corrected chi connectivity index (χ2v) is 6.73. The van der Waals surface area contributed by atoms with Crippen LogP contribution in [0.1, 0.15) is 33.1 Å². The summed E-state index contributed by atoms with van der Waals surface area (Å²) in [5, 5.41) is 0. The minimum absolute atomic E-state index is 0.571. The fraction of sp³-hybridized carbons (Fsp3) is 0.625. The fourth-order valence-electron chi connectivity index (χ4n) is 2.52. The van der Waals surface area contributed by atoms with Gasteiger partial charge in [-0.05, 0) is 49.5 Å². The highest BCUT2D eigenvalue weighted by Gasteiger charge is 2.27. The maximum Gasteiger partial charge on any atom is 0.120 e. The molecule has 106 valence electrons. The zero-order chi connectivity index (χ0) is 13.7. The standard InChI is InChI=1S/C16H24BrNO/c1-3-16(2)7-9-18(10-8-16)11-12-19-15-6-4-5-14(17)13-15/h4-6,13H,3,7-12H2,1-2H3. The summed E-state index contributed by atoms with van der Waals surface area (Å²) in [5.74, 6) is 0.949.